The Hall–Kier alpha value is -3.65. The average molecular weight is 431 g/mol. The second-order valence-electron chi connectivity index (χ2n) is 8.28. The summed E-state index contributed by atoms with van der Waals surface area (Å²) in [5, 5.41) is 8.82. The number of aromatic amines is 1. The van der Waals surface area contributed by atoms with Crippen LogP contribution >= 0.6 is 0 Å². The Morgan fingerprint density at radius 3 is 2.59 bits per heavy atom. The molecule has 0 bridgehead atoms. The number of carbonyl (C=O) groups excluding carboxylic acids is 1. The number of hydrogen-bond acceptors (Lipinski definition) is 5. The number of nitrogens with zero attached hydrogens (tertiary/aromatic N) is 4. The molecule has 32 heavy (non-hydrogen) atoms. The van der Waals surface area contributed by atoms with Gasteiger partial charge in [-0.05, 0) is 81.5 Å². The Bertz CT molecular complexity index is 1350. The number of fused-ring (bicyclic) bond motifs is 1. The zero-order valence-corrected chi connectivity index (χ0v) is 17.6. The molecule has 3 heterocycles. The second-order valence-corrected chi connectivity index (χ2v) is 8.28. The number of ketones is 1. The van der Waals surface area contributed by atoms with Crippen LogP contribution in [-0.2, 0) is 0 Å². The summed E-state index contributed by atoms with van der Waals surface area (Å²) >= 11 is 0. The first-order valence-electron chi connectivity index (χ1n) is 10.6. The molecule has 8 heteroatoms. The number of nitrogens with one attached hydrogen (secondary N) is 1. The zero-order chi connectivity index (χ0) is 22.2. The molecule has 0 atom stereocenters. The Balaban J connectivity index is 1.39. The first-order valence-corrected chi connectivity index (χ1v) is 10.6. The molecule has 5 rings (SSSR count). The number of likely N-dealkylation sites (tertiary alicyclic amines) is 1. The predicted molar refractivity (Wildman–Crippen MR) is 119 cm³/mol. The van der Waals surface area contributed by atoms with Crippen LogP contribution in [0.1, 0.15) is 23.2 Å². The molecule has 2 aromatic heterocycles. The third-order valence-electron chi connectivity index (χ3n) is 6.08. The van der Waals surface area contributed by atoms with E-state index in [-0.39, 0.29) is 23.1 Å². The van der Waals surface area contributed by atoms with Gasteiger partial charge in [-0.1, -0.05) is 5.21 Å². The molecule has 0 radical (unpaired) electrons. The van der Waals surface area contributed by atoms with E-state index in [1.54, 1.807) is 16.9 Å². The quantitative estimate of drug-likeness (QED) is 0.501. The van der Waals surface area contributed by atoms with Crippen molar-refractivity contribution in [2.24, 2.45) is 5.92 Å². The highest BCUT2D eigenvalue weighted by molar-refractivity contribution is 5.98. The van der Waals surface area contributed by atoms with Crippen molar-refractivity contribution in [3.8, 4) is 16.9 Å². The molecule has 0 amide bonds. The van der Waals surface area contributed by atoms with Gasteiger partial charge >= 0.3 is 0 Å². The lowest BCUT2D eigenvalue weighted by atomic mass is 9.89. The number of hydrogen-bond donors (Lipinski definition) is 1. The maximum atomic E-state index is 13.6. The van der Waals surface area contributed by atoms with Crippen LogP contribution in [0.4, 0.5) is 4.39 Å². The highest BCUT2D eigenvalue weighted by Crippen LogP contribution is 2.23. The third kappa shape index (κ3) is 3.85. The monoisotopic (exact) mass is 431 g/mol. The number of Topliss-reactive ketones (excluding diaryl/α,β-unsaturated/α-hetero) is 1. The van der Waals surface area contributed by atoms with E-state index in [0.29, 0.717) is 27.7 Å². The van der Waals surface area contributed by atoms with E-state index in [2.05, 4.69) is 27.2 Å². The van der Waals surface area contributed by atoms with Gasteiger partial charge in [0.1, 0.15) is 11.5 Å². The number of aromatic nitrogens is 4. The van der Waals surface area contributed by atoms with E-state index < -0.39 is 0 Å². The summed E-state index contributed by atoms with van der Waals surface area (Å²) in [6.07, 6.45) is 3.41. The van der Waals surface area contributed by atoms with Gasteiger partial charge in [0, 0.05) is 22.4 Å². The molecule has 7 nitrogen and oxygen atoms in total. The van der Waals surface area contributed by atoms with Crippen molar-refractivity contribution in [2.75, 3.05) is 20.1 Å². The summed E-state index contributed by atoms with van der Waals surface area (Å²) in [6.45, 7) is 1.88. The Morgan fingerprint density at radius 2 is 1.84 bits per heavy atom. The van der Waals surface area contributed by atoms with E-state index in [1.165, 1.54) is 18.2 Å². The fraction of sp³-hybridized carbons (Fsp3) is 0.250. The Labute approximate surface area is 183 Å². The van der Waals surface area contributed by atoms with Gasteiger partial charge in [-0.15, -0.1) is 5.10 Å². The highest BCUT2D eigenvalue weighted by atomic mass is 19.1. The maximum Gasteiger partial charge on any atom is 0.258 e. The fourth-order valence-electron chi connectivity index (χ4n) is 4.17. The summed E-state index contributed by atoms with van der Waals surface area (Å²) in [7, 11) is 2.08. The van der Waals surface area contributed by atoms with Crippen molar-refractivity contribution in [1.29, 1.82) is 0 Å². The van der Waals surface area contributed by atoms with Crippen LogP contribution in [0.2, 0.25) is 0 Å². The molecule has 162 valence electrons. The minimum atomic E-state index is -0.381. The van der Waals surface area contributed by atoms with Crippen LogP contribution in [-0.4, -0.2) is 50.8 Å². The number of piperidine rings is 1. The minimum Gasteiger partial charge on any atom is -0.321 e. The lowest BCUT2D eigenvalue weighted by Crippen LogP contribution is -2.33. The molecule has 2 aromatic carbocycles. The Kier molecular flexibility index (Phi) is 5.14. The highest BCUT2D eigenvalue weighted by Gasteiger charge is 2.24. The summed E-state index contributed by atoms with van der Waals surface area (Å²) in [4.78, 5) is 30.3. The van der Waals surface area contributed by atoms with Crippen molar-refractivity contribution < 1.29 is 9.18 Å². The standard InChI is InChI=1S/C24H22FN5O2/c1-29-10-8-16(9-11-29)23(31)15-2-5-19(6-3-15)30-14-22(27-28-30)20-13-17-12-18(25)4-7-21(17)26-24(20)32/h2-7,12-14,16H,8-11H2,1H3,(H,26,32). The SMILES string of the molecule is CN1CCC(C(=O)c2ccc(-n3cc(-c4cc5cc(F)ccc5[nH]c4=O)nn3)cc2)CC1. The Morgan fingerprint density at radius 1 is 1.09 bits per heavy atom. The molecule has 0 unspecified atom stereocenters. The number of H-pyrrole nitrogens is 1. The van der Waals surface area contributed by atoms with Crippen LogP contribution in [0.5, 0.6) is 0 Å². The van der Waals surface area contributed by atoms with Gasteiger partial charge < -0.3 is 9.88 Å². The molecule has 0 saturated carbocycles. The minimum absolute atomic E-state index is 0.0690. The van der Waals surface area contributed by atoms with E-state index in [1.807, 2.05) is 24.3 Å². The van der Waals surface area contributed by atoms with Gasteiger partial charge in [0.2, 0.25) is 0 Å². The summed E-state index contributed by atoms with van der Waals surface area (Å²) in [6, 6.07) is 13.1. The largest absolute Gasteiger partial charge is 0.321 e. The van der Waals surface area contributed by atoms with Crippen LogP contribution < -0.4 is 5.56 Å². The van der Waals surface area contributed by atoms with Crippen molar-refractivity contribution in [3.05, 3.63) is 76.5 Å². The van der Waals surface area contributed by atoms with Gasteiger partial charge in [0.15, 0.2) is 5.78 Å². The molecule has 1 aliphatic rings. The number of rotatable bonds is 4. The predicted octanol–water partition coefficient (Wildman–Crippen LogP) is 3.44. The van der Waals surface area contributed by atoms with Crippen molar-refractivity contribution in [1.82, 2.24) is 24.9 Å². The average Bonchev–Trinajstić information content (AvgIpc) is 3.29. The number of carbonyl (C=O) groups is 1. The maximum absolute atomic E-state index is 13.6. The van der Waals surface area contributed by atoms with Crippen molar-refractivity contribution in [2.45, 2.75) is 12.8 Å². The lowest BCUT2D eigenvalue weighted by molar-refractivity contribution is 0.0857. The number of pyridine rings is 1. The van der Waals surface area contributed by atoms with Gasteiger partial charge in [0.25, 0.3) is 5.56 Å². The van der Waals surface area contributed by atoms with Gasteiger partial charge in [0.05, 0.1) is 17.4 Å². The van der Waals surface area contributed by atoms with Crippen LogP contribution in [0.25, 0.3) is 27.8 Å². The van der Waals surface area contributed by atoms with Crippen LogP contribution in [0.3, 0.4) is 0 Å². The molecule has 0 aliphatic carbocycles. The van der Waals surface area contributed by atoms with E-state index in [0.717, 1.165) is 31.6 Å². The topological polar surface area (TPSA) is 83.9 Å². The molecule has 1 fully saturated rings. The van der Waals surface area contributed by atoms with Crippen LogP contribution in [0, 0.1) is 11.7 Å². The lowest BCUT2D eigenvalue weighted by Gasteiger charge is -2.28. The molecule has 4 aromatic rings. The number of halogens is 1. The first kappa shape index (κ1) is 20.3. The third-order valence-corrected chi connectivity index (χ3v) is 6.08. The first-order chi connectivity index (χ1) is 15.5. The zero-order valence-electron chi connectivity index (χ0n) is 17.6. The molecule has 1 saturated heterocycles. The normalized spacial score (nSPS) is 15.3. The second kappa shape index (κ2) is 8.12. The van der Waals surface area contributed by atoms with Gasteiger partial charge in [-0.25, -0.2) is 9.07 Å². The molecule has 1 aliphatic heterocycles. The van der Waals surface area contributed by atoms with Gasteiger partial charge in [-0.2, -0.15) is 0 Å². The van der Waals surface area contributed by atoms with E-state index in [4.69, 9.17) is 0 Å². The smallest absolute Gasteiger partial charge is 0.258 e. The molecular weight excluding hydrogens is 409 g/mol. The fourth-order valence-corrected chi connectivity index (χ4v) is 4.17. The summed E-state index contributed by atoms with van der Waals surface area (Å²) in [5.74, 6) is -0.132. The molecule has 1 N–H and O–H groups in total. The molecule has 0 spiro atoms. The summed E-state index contributed by atoms with van der Waals surface area (Å²) in [5.41, 5.74) is 2.34. The van der Waals surface area contributed by atoms with Gasteiger partial charge in [-0.3, -0.25) is 9.59 Å². The molecular formula is C24H22FN5O2. The summed E-state index contributed by atoms with van der Waals surface area (Å²) < 4.78 is 15.1. The van der Waals surface area contributed by atoms with E-state index in [9.17, 15) is 14.0 Å². The van der Waals surface area contributed by atoms with Crippen molar-refractivity contribution >= 4 is 16.7 Å². The van der Waals surface area contributed by atoms with E-state index >= 15 is 0 Å². The number of benzene rings is 2. The van der Waals surface area contributed by atoms with Crippen molar-refractivity contribution in [3.63, 3.8) is 0 Å². The van der Waals surface area contributed by atoms with Crippen LogP contribution in [0.15, 0.2) is 59.5 Å².